The summed E-state index contributed by atoms with van der Waals surface area (Å²) in [5, 5.41) is 4.82. The number of carbonyl (C=O) groups is 1. The zero-order valence-corrected chi connectivity index (χ0v) is 15.3. The van der Waals surface area contributed by atoms with Gasteiger partial charge in [-0.2, -0.15) is 0 Å². The van der Waals surface area contributed by atoms with Crippen molar-refractivity contribution in [2.75, 3.05) is 12.3 Å². The minimum atomic E-state index is -3.33. The van der Waals surface area contributed by atoms with Crippen molar-refractivity contribution < 1.29 is 13.2 Å². The molecule has 0 spiro atoms. The Morgan fingerprint density at radius 3 is 2.50 bits per heavy atom. The van der Waals surface area contributed by atoms with E-state index in [0.29, 0.717) is 24.3 Å². The van der Waals surface area contributed by atoms with Crippen molar-refractivity contribution in [2.45, 2.75) is 44.4 Å². The van der Waals surface area contributed by atoms with E-state index in [1.165, 1.54) is 0 Å². The Kier molecular flexibility index (Phi) is 5.99. The summed E-state index contributed by atoms with van der Waals surface area (Å²) in [5.74, 6) is 0.0140. The van der Waals surface area contributed by atoms with Crippen molar-refractivity contribution in [1.82, 2.24) is 5.32 Å². The molecule has 5 heteroatoms. The van der Waals surface area contributed by atoms with Crippen LogP contribution in [0.2, 0.25) is 0 Å². The highest BCUT2D eigenvalue weighted by Crippen LogP contribution is 2.32. The molecule has 0 radical (unpaired) electrons. The van der Waals surface area contributed by atoms with Crippen LogP contribution in [0.1, 0.15) is 45.1 Å². The summed E-state index contributed by atoms with van der Waals surface area (Å²) in [7, 11) is -3.33. The quantitative estimate of drug-likeness (QED) is 0.831. The molecule has 0 aliphatic rings. The van der Waals surface area contributed by atoms with E-state index in [2.05, 4.69) is 5.32 Å². The highest BCUT2D eigenvalue weighted by molar-refractivity contribution is 7.91. The molecule has 1 N–H and O–H groups in total. The Labute approximate surface area is 144 Å². The summed E-state index contributed by atoms with van der Waals surface area (Å²) >= 11 is 0. The Morgan fingerprint density at radius 2 is 1.83 bits per heavy atom. The third-order valence-corrected chi connectivity index (χ3v) is 6.13. The van der Waals surface area contributed by atoms with Crippen molar-refractivity contribution in [3.8, 4) is 0 Å². The average Bonchev–Trinajstić information content (AvgIpc) is 2.58. The van der Waals surface area contributed by atoms with Crippen LogP contribution < -0.4 is 5.32 Å². The van der Waals surface area contributed by atoms with Gasteiger partial charge in [-0.3, -0.25) is 4.79 Å². The van der Waals surface area contributed by atoms with Crippen molar-refractivity contribution in [1.29, 1.82) is 0 Å². The maximum absolute atomic E-state index is 12.7. The Bertz CT molecular complexity index is 828. The summed E-state index contributed by atoms with van der Waals surface area (Å²) in [6, 6.07) is 11.4. The first-order valence-corrected chi connectivity index (χ1v) is 10.1. The molecule has 0 fully saturated rings. The highest BCUT2D eigenvalue weighted by Gasteiger charge is 2.23. The smallest absolute Gasteiger partial charge is 0.219 e. The molecule has 0 saturated heterocycles. The number of benzene rings is 2. The molecule has 2 rings (SSSR count). The SMILES string of the molecule is CCCS(=O)(=O)c1ccc2ccccc2c1C(C)CNC(=O)CC. The van der Waals surface area contributed by atoms with Gasteiger partial charge in [-0.1, -0.05) is 51.1 Å². The van der Waals surface area contributed by atoms with E-state index in [0.717, 1.165) is 16.3 Å². The molecule has 0 aliphatic carbocycles. The zero-order valence-electron chi connectivity index (χ0n) is 14.5. The number of hydrogen-bond acceptors (Lipinski definition) is 3. The minimum absolute atomic E-state index is 0.0277. The van der Waals surface area contributed by atoms with Gasteiger partial charge in [0.05, 0.1) is 10.6 Å². The molecule has 0 aliphatic heterocycles. The van der Waals surface area contributed by atoms with Crippen LogP contribution in [-0.4, -0.2) is 26.6 Å². The van der Waals surface area contributed by atoms with Gasteiger partial charge in [0.15, 0.2) is 9.84 Å². The topological polar surface area (TPSA) is 63.2 Å². The lowest BCUT2D eigenvalue weighted by Gasteiger charge is -2.20. The fraction of sp³-hybridized carbons (Fsp3) is 0.421. The van der Waals surface area contributed by atoms with Gasteiger partial charge >= 0.3 is 0 Å². The Morgan fingerprint density at radius 1 is 1.12 bits per heavy atom. The number of hydrogen-bond donors (Lipinski definition) is 1. The predicted octanol–water partition coefficient (Wildman–Crippen LogP) is 3.65. The number of sulfone groups is 1. The zero-order chi connectivity index (χ0) is 17.7. The molecule has 0 heterocycles. The lowest BCUT2D eigenvalue weighted by Crippen LogP contribution is -2.27. The molecule has 1 amide bonds. The lowest BCUT2D eigenvalue weighted by atomic mass is 9.94. The van der Waals surface area contributed by atoms with Crippen LogP contribution in [0.4, 0.5) is 0 Å². The second kappa shape index (κ2) is 7.79. The van der Waals surface area contributed by atoms with Crippen molar-refractivity contribution >= 4 is 26.5 Å². The second-order valence-corrected chi connectivity index (χ2v) is 8.15. The van der Waals surface area contributed by atoms with Gasteiger partial charge in [0.25, 0.3) is 0 Å². The molecule has 1 unspecified atom stereocenters. The lowest BCUT2D eigenvalue weighted by molar-refractivity contribution is -0.120. The monoisotopic (exact) mass is 347 g/mol. The molecule has 24 heavy (non-hydrogen) atoms. The first-order valence-electron chi connectivity index (χ1n) is 8.41. The number of rotatable bonds is 7. The fourth-order valence-corrected chi connectivity index (χ4v) is 4.61. The first kappa shape index (κ1) is 18.5. The number of carbonyl (C=O) groups excluding carboxylic acids is 1. The summed E-state index contributed by atoms with van der Waals surface area (Å²) < 4.78 is 25.4. The summed E-state index contributed by atoms with van der Waals surface area (Å²) in [6.45, 7) is 6.05. The van der Waals surface area contributed by atoms with E-state index in [-0.39, 0.29) is 17.6 Å². The van der Waals surface area contributed by atoms with E-state index in [9.17, 15) is 13.2 Å². The highest BCUT2D eigenvalue weighted by atomic mass is 32.2. The molecule has 4 nitrogen and oxygen atoms in total. The van der Waals surface area contributed by atoms with Crippen LogP contribution in [-0.2, 0) is 14.6 Å². The molecule has 2 aromatic rings. The van der Waals surface area contributed by atoms with Crippen LogP contribution >= 0.6 is 0 Å². The average molecular weight is 347 g/mol. The molecule has 0 aromatic heterocycles. The number of fused-ring (bicyclic) bond motifs is 1. The number of amides is 1. The largest absolute Gasteiger partial charge is 0.356 e. The third-order valence-electron chi connectivity index (χ3n) is 4.16. The maximum Gasteiger partial charge on any atom is 0.219 e. The van der Waals surface area contributed by atoms with Gasteiger partial charge in [0.2, 0.25) is 5.91 Å². The number of nitrogens with one attached hydrogen (secondary N) is 1. The minimum Gasteiger partial charge on any atom is -0.356 e. The molecule has 130 valence electrons. The van der Waals surface area contributed by atoms with Crippen LogP contribution in [0, 0.1) is 0 Å². The molecule has 0 bridgehead atoms. The van der Waals surface area contributed by atoms with Gasteiger partial charge in [-0.15, -0.1) is 0 Å². The van der Waals surface area contributed by atoms with Crippen LogP contribution in [0.25, 0.3) is 10.8 Å². The van der Waals surface area contributed by atoms with E-state index in [1.807, 2.05) is 44.2 Å². The van der Waals surface area contributed by atoms with Crippen molar-refractivity contribution in [2.24, 2.45) is 0 Å². The standard InChI is InChI=1S/C19H25NO3S/c1-4-12-24(22,23)17-11-10-15-8-6-7-9-16(15)19(17)14(3)13-20-18(21)5-2/h6-11,14H,4-5,12-13H2,1-3H3,(H,20,21). The summed E-state index contributed by atoms with van der Waals surface area (Å²) in [4.78, 5) is 12.0. The summed E-state index contributed by atoms with van der Waals surface area (Å²) in [5.41, 5.74) is 0.804. The molecule has 1 atom stereocenters. The maximum atomic E-state index is 12.7. The van der Waals surface area contributed by atoms with Gasteiger partial charge < -0.3 is 5.32 Å². The predicted molar refractivity (Wildman–Crippen MR) is 98.0 cm³/mol. The van der Waals surface area contributed by atoms with Gasteiger partial charge in [-0.25, -0.2) is 8.42 Å². The van der Waals surface area contributed by atoms with E-state index in [1.54, 1.807) is 13.0 Å². The second-order valence-electron chi connectivity index (χ2n) is 6.08. The normalized spacial score (nSPS) is 13.0. The van der Waals surface area contributed by atoms with E-state index < -0.39 is 9.84 Å². The van der Waals surface area contributed by atoms with Crippen LogP contribution in [0.15, 0.2) is 41.3 Å². The van der Waals surface area contributed by atoms with Crippen LogP contribution in [0.5, 0.6) is 0 Å². The van der Waals surface area contributed by atoms with Crippen molar-refractivity contribution in [3.63, 3.8) is 0 Å². The fourth-order valence-electron chi connectivity index (χ4n) is 2.93. The Balaban J connectivity index is 2.56. The van der Waals surface area contributed by atoms with Gasteiger partial charge in [0.1, 0.15) is 0 Å². The molecular formula is C19H25NO3S. The van der Waals surface area contributed by atoms with Crippen LogP contribution in [0.3, 0.4) is 0 Å². The molecule has 2 aromatic carbocycles. The summed E-state index contributed by atoms with van der Waals surface area (Å²) in [6.07, 6.45) is 0.999. The van der Waals surface area contributed by atoms with E-state index in [4.69, 9.17) is 0 Å². The molecule has 0 saturated carbocycles. The third kappa shape index (κ3) is 3.96. The Hall–Kier alpha value is -1.88. The van der Waals surface area contributed by atoms with Gasteiger partial charge in [0, 0.05) is 18.9 Å². The molecular weight excluding hydrogens is 322 g/mol. The van der Waals surface area contributed by atoms with E-state index >= 15 is 0 Å². The van der Waals surface area contributed by atoms with Gasteiger partial charge in [-0.05, 0) is 28.8 Å². The first-order chi connectivity index (χ1) is 11.4. The van der Waals surface area contributed by atoms with Crippen molar-refractivity contribution in [3.05, 3.63) is 42.0 Å².